The first-order valence-electron chi connectivity index (χ1n) is 8.26. The van der Waals surface area contributed by atoms with Crippen molar-refractivity contribution in [1.29, 1.82) is 0 Å². The Morgan fingerprint density at radius 2 is 1.96 bits per heavy atom. The van der Waals surface area contributed by atoms with Crippen molar-refractivity contribution in [3.63, 3.8) is 0 Å². The van der Waals surface area contributed by atoms with Crippen LogP contribution >= 0.6 is 0 Å². The van der Waals surface area contributed by atoms with Crippen LogP contribution in [0.5, 0.6) is 0 Å². The molecule has 25 heavy (non-hydrogen) atoms. The molecule has 1 aliphatic rings. The highest BCUT2D eigenvalue weighted by Gasteiger charge is 2.32. The van der Waals surface area contributed by atoms with Crippen molar-refractivity contribution in [2.24, 2.45) is 0 Å². The maximum atomic E-state index is 12.3. The van der Waals surface area contributed by atoms with Crippen molar-refractivity contribution >= 4 is 11.8 Å². The van der Waals surface area contributed by atoms with Gasteiger partial charge in [0.05, 0.1) is 17.6 Å². The van der Waals surface area contributed by atoms with Gasteiger partial charge >= 0.3 is 6.09 Å². The zero-order valence-electron chi connectivity index (χ0n) is 14.8. The summed E-state index contributed by atoms with van der Waals surface area (Å²) < 4.78 is 5.39. The van der Waals surface area contributed by atoms with E-state index in [0.29, 0.717) is 26.2 Å². The lowest BCUT2D eigenvalue weighted by molar-refractivity contribution is -0.384. The van der Waals surface area contributed by atoms with Crippen LogP contribution < -0.4 is 0 Å². The number of carbonyl (C=O) groups is 1. The van der Waals surface area contributed by atoms with Gasteiger partial charge in [-0.15, -0.1) is 0 Å². The number of amides is 1. The van der Waals surface area contributed by atoms with E-state index < -0.39 is 16.6 Å². The van der Waals surface area contributed by atoms with E-state index in [1.54, 1.807) is 17.0 Å². The van der Waals surface area contributed by atoms with Crippen molar-refractivity contribution in [1.82, 2.24) is 9.80 Å². The van der Waals surface area contributed by atoms with Crippen molar-refractivity contribution in [2.75, 3.05) is 26.2 Å². The normalized spacial score (nSPS) is 18.9. The number of aliphatic hydroxyl groups is 1. The highest BCUT2D eigenvalue weighted by atomic mass is 16.6. The third-order valence-corrected chi connectivity index (χ3v) is 3.96. The first kappa shape index (κ1) is 19.1. The first-order valence-corrected chi connectivity index (χ1v) is 8.26. The molecule has 1 aromatic rings. The molecule has 8 nitrogen and oxygen atoms in total. The van der Waals surface area contributed by atoms with Gasteiger partial charge in [-0.25, -0.2) is 4.79 Å². The molecule has 0 spiro atoms. The maximum Gasteiger partial charge on any atom is 0.410 e. The Kier molecular flexibility index (Phi) is 5.97. The van der Waals surface area contributed by atoms with Crippen LogP contribution in [0.1, 0.15) is 26.3 Å². The van der Waals surface area contributed by atoms with Crippen LogP contribution in [0.25, 0.3) is 0 Å². The zero-order chi connectivity index (χ0) is 18.6. The summed E-state index contributed by atoms with van der Waals surface area (Å²) in [5, 5.41) is 20.3. The molecule has 1 N–H and O–H groups in total. The molecule has 8 heteroatoms. The maximum absolute atomic E-state index is 12.3. The average molecular weight is 351 g/mol. The Morgan fingerprint density at radius 1 is 1.32 bits per heavy atom. The van der Waals surface area contributed by atoms with E-state index in [9.17, 15) is 20.0 Å². The number of benzene rings is 1. The molecule has 0 bridgehead atoms. The topological polar surface area (TPSA) is 96.2 Å². The molecule has 1 heterocycles. The van der Waals surface area contributed by atoms with Gasteiger partial charge in [0.1, 0.15) is 5.60 Å². The molecule has 2 rings (SSSR count). The van der Waals surface area contributed by atoms with Crippen LogP contribution in [0, 0.1) is 10.1 Å². The molecule has 1 aliphatic heterocycles. The predicted octanol–water partition coefficient (Wildman–Crippen LogP) is 2.01. The molecule has 0 unspecified atom stereocenters. The number of rotatable bonds is 4. The van der Waals surface area contributed by atoms with E-state index >= 15 is 0 Å². The summed E-state index contributed by atoms with van der Waals surface area (Å²) in [6.45, 7) is 7.52. The Morgan fingerprint density at radius 3 is 2.48 bits per heavy atom. The number of non-ortho nitro benzene ring substituents is 1. The summed E-state index contributed by atoms with van der Waals surface area (Å²) in [6, 6.07) is 6.09. The average Bonchev–Trinajstić information content (AvgIpc) is 2.53. The SMILES string of the molecule is CC(C)(C)OC(=O)N1CCN(Cc2ccc([N+](=O)[O-])cc2)C[C@@H]1CO. The summed E-state index contributed by atoms with van der Waals surface area (Å²) in [5.74, 6) is 0. The van der Waals surface area contributed by atoms with E-state index in [2.05, 4.69) is 4.90 Å². The zero-order valence-corrected chi connectivity index (χ0v) is 14.8. The fourth-order valence-corrected chi connectivity index (χ4v) is 2.76. The lowest BCUT2D eigenvalue weighted by Crippen LogP contribution is -2.57. The molecule has 0 aromatic heterocycles. The fraction of sp³-hybridized carbons (Fsp3) is 0.588. The Balaban J connectivity index is 1.96. The van der Waals surface area contributed by atoms with Crippen LogP contribution in [0.15, 0.2) is 24.3 Å². The summed E-state index contributed by atoms with van der Waals surface area (Å²) >= 11 is 0. The molecule has 0 radical (unpaired) electrons. The van der Waals surface area contributed by atoms with Crippen molar-refractivity contribution in [3.8, 4) is 0 Å². The Bertz CT molecular complexity index is 612. The largest absolute Gasteiger partial charge is 0.444 e. The molecule has 1 fully saturated rings. The molecule has 0 aliphatic carbocycles. The molecule has 1 saturated heterocycles. The smallest absolute Gasteiger partial charge is 0.410 e. The van der Waals surface area contributed by atoms with Gasteiger partial charge < -0.3 is 14.7 Å². The lowest BCUT2D eigenvalue weighted by atomic mass is 10.1. The quantitative estimate of drug-likeness (QED) is 0.658. The molecule has 0 saturated carbocycles. The fourth-order valence-electron chi connectivity index (χ4n) is 2.76. The molecule has 1 atom stereocenters. The number of carbonyl (C=O) groups excluding carboxylic acids is 1. The molecule has 1 amide bonds. The monoisotopic (exact) mass is 351 g/mol. The Hall–Kier alpha value is -2.19. The van der Waals surface area contributed by atoms with Crippen LogP contribution in [-0.2, 0) is 11.3 Å². The highest BCUT2D eigenvalue weighted by Crippen LogP contribution is 2.18. The van der Waals surface area contributed by atoms with Gasteiger partial charge in [0.15, 0.2) is 0 Å². The van der Waals surface area contributed by atoms with E-state index in [0.717, 1.165) is 5.56 Å². The Labute approximate surface area is 147 Å². The van der Waals surface area contributed by atoms with Gasteiger partial charge in [0, 0.05) is 38.3 Å². The minimum absolute atomic E-state index is 0.0618. The third-order valence-electron chi connectivity index (χ3n) is 3.96. The number of aliphatic hydroxyl groups excluding tert-OH is 1. The summed E-state index contributed by atoms with van der Waals surface area (Å²) in [6.07, 6.45) is -0.415. The standard InChI is InChI=1S/C17H25N3O5/c1-17(2,3)25-16(22)19-9-8-18(11-15(19)12-21)10-13-4-6-14(7-5-13)20(23)24/h4-7,15,21H,8-12H2,1-3H3/t15-/m1/s1. The lowest BCUT2D eigenvalue weighted by Gasteiger charge is -2.41. The van der Waals surface area contributed by atoms with E-state index in [1.165, 1.54) is 12.1 Å². The van der Waals surface area contributed by atoms with Crippen LogP contribution in [-0.4, -0.2) is 63.8 Å². The van der Waals surface area contributed by atoms with E-state index in [-0.39, 0.29) is 18.3 Å². The molecule has 138 valence electrons. The van der Waals surface area contributed by atoms with Crippen molar-refractivity contribution < 1.29 is 19.6 Å². The number of nitro groups is 1. The molecule has 1 aromatic carbocycles. The van der Waals surface area contributed by atoms with Crippen LogP contribution in [0.4, 0.5) is 10.5 Å². The summed E-state index contributed by atoms with van der Waals surface area (Å²) in [4.78, 5) is 26.2. The van der Waals surface area contributed by atoms with Gasteiger partial charge in [-0.05, 0) is 26.3 Å². The summed E-state index contributed by atoms with van der Waals surface area (Å²) in [7, 11) is 0. The second-order valence-corrected chi connectivity index (χ2v) is 7.17. The minimum Gasteiger partial charge on any atom is -0.444 e. The summed E-state index contributed by atoms with van der Waals surface area (Å²) in [5.41, 5.74) is 0.437. The second-order valence-electron chi connectivity index (χ2n) is 7.17. The van der Waals surface area contributed by atoms with Gasteiger partial charge in [0.2, 0.25) is 0 Å². The number of ether oxygens (including phenoxy) is 1. The van der Waals surface area contributed by atoms with Crippen molar-refractivity contribution in [2.45, 2.75) is 39.0 Å². The first-order chi connectivity index (χ1) is 11.7. The predicted molar refractivity (Wildman–Crippen MR) is 92.2 cm³/mol. The van der Waals surface area contributed by atoms with Gasteiger partial charge in [0.25, 0.3) is 5.69 Å². The van der Waals surface area contributed by atoms with Crippen molar-refractivity contribution in [3.05, 3.63) is 39.9 Å². The van der Waals surface area contributed by atoms with Gasteiger partial charge in [-0.3, -0.25) is 15.0 Å². The second kappa shape index (κ2) is 7.79. The van der Waals surface area contributed by atoms with Gasteiger partial charge in [-0.1, -0.05) is 12.1 Å². The van der Waals surface area contributed by atoms with Gasteiger partial charge in [-0.2, -0.15) is 0 Å². The van der Waals surface area contributed by atoms with E-state index in [4.69, 9.17) is 4.74 Å². The van der Waals surface area contributed by atoms with E-state index in [1.807, 2.05) is 20.8 Å². The number of hydrogen-bond acceptors (Lipinski definition) is 6. The number of nitro benzene ring substituents is 1. The minimum atomic E-state index is -0.576. The molecular weight excluding hydrogens is 326 g/mol. The number of hydrogen-bond donors (Lipinski definition) is 1. The number of nitrogens with zero attached hydrogens (tertiary/aromatic N) is 3. The number of piperazine rings is 1. The highest BCUT2D eigenvalue weighted by molar-refractivity contribution is 5.68. The molecular formula is C17H25N3O5. The third kappa shape index (κ3) is 5.40. The van der Waals surface area contributed by atoms with Crippen LogP contribution in [0.3, 0.4) is 0 Å². The van der Waals surface area contributed by atoms with Crippen LogP contribution in [0.2, 0.25) is 0 Å².